The van der Waals surface area contributed by atoms with E-state index in [0.717, 1.165) is 51.8 Å². The van der Waals surface area contributed by atoms with E-state index in [1.54, 1.807) is 24.3 Å². The molecular weight excluding hydrogens is 479 g/mol. The van der Waals surface area contributed by atoms with Crippen molar-refractivity contribution in [3.63, 3.8) is 0 Å². The van der Waals surface area contributed by atoms with E-state index >= 15 is 0 Å². The van der Waals surface area contributed by atoms with E-state index < -0.39 is 5.41 Å². The number of aliphatic imine (C=N–C) groups is 2. The van der Waals surface area contributed by atoms with Crippen LogP contribution in [0.15, 0.2) is 70.6 Å². The van der Waals surface area contributed by atoms with Crippen LogP contribution in [0, 0.1) is 11.2 Å². The molecule has 0 amide bonds. The number of rotatable bonds is 9. The first-order valence-corrected chi connectivity index (χ1v) is 12.8. The minimum atomic E-state index is -0.810. The van der Waals surface area contributed by atoms with Crippen LogP contribution in [0.1, 0.15) is 71.3 Å². The predicted molar refractivity (Wildman–Crippen MR) is 146 cm³/mol. The maximum Gasteiger partial charge on any atom is 0.235 e. The second-order valence-corrected chi connectivity index (χ2v) is 9.85. The number of carbonyl (C=O) groups excluding carboxylic acids is 2. The molecule has 2 unspecified atom stereocenters. The van der Waals surface area contributed by atoms with Crippen LogP contribution < -0.4 is 5.73 Å². The second kappa shape index (κ2) is 11.6. The molecule has 0 aromatic heterocycles. The van der Waals surface area contributed by atoms with Crippen LogP contribution in [0.2, 0.25) is 0 Å². The van der Waals surface area contributed by atoms with Crippen molar-refractivity contribution >= 4 is 17.9 Å². The average molecular weight is 511 g/mol. The van der Waals surface area contributed by atoms with E-state index in [0.29, 0.717) is 25.1 Å². The Morgan fingerprint density at radius 3 is 1.87 bits per heavy atom. The molecule has 4 rings (SSSR count). The fourth-order valence-electron chi connectivity index (χ4n) is 5.63. The molecule has 0 aliphatic heterocycles. The molecule has 0 saturated heterocycles. The van der Waals surface area contributed by atoms with Crippen LogP contribution in [0.3, 0.4) is 0 Å². The molecule has 0 fully saturated rings. The lowest BCUT2D eigenvalue weighted by molar-refractivity contribution is 0.558. The highest BCUT2D eigenvalue weighted by Crippen LogP contribution is 2.45. The van der Waals surface area contributed by atoms with Crippen LogP contribution in [0.5, 0.6) is 0 Å². The van der Waals surface area contributed by atoms with Crippen molar-refractivity contribution in [1.29, 1.82) is 5.41 Å². The van der Waals surface area contributed by atoms with Crippen molar-refractivity contribution < 1.29 is 14.0 Å². The number of halogens is 1. The quantitative estimate of drug-likeness (QED) is 0.288. The first-order chi connectivity index (χ1) is 18.3. The molecule has 194 valence electrons. The van der Waals surface area contributed by atoms with Gasteiger partial charge in [0.2, 0.25) is 12.2 Å². The lowest BCUT2D eigenvalue weighted by Gasteiger charge is -2.38. The third-order valence-electron chi connectivity index (χ3n) is 7.63. The first-order valence-electron chi connectivity index (χ1n) is 12.8. The van der Waals surface area contributed by atoms with Crippen LogP contribution in [0.25, 0.3) is 0 Å². The fraction of sp³-hybridized carbons (Fsp3) is 0.323. The van der Waals surface area contributed by atoms with Gasteiger partial charge in [0, 0.05) is 12.1 Å². The zero-order chi connectivity index (χ0) is 27.3. The third kappa shape index (κ3) is 5.18. The van der Waals surface area contributed by atoms with Gasteiger partial charge in [-0.2, -0.15) is 9.98 Å². The van der Waals surface area contributed by atoms with E-state index in [-0.39, 0.29) is 17.9 Å². The molecule has 0 saturated carbocycles. The summed E-state index contributed by atoms with van der Waals surface area (Å²) in [5, 5.41) is 9.50. The summed E-state index contributed by atoms with van der Waals surface area (Å²) in [6, 6.07) is 17.7. The van der Waals surface area contributed by atoms with Crippen molar-refractivity contribution in [3.8, 4) is 0 Å². The molecule has 6 nitrogen and oxygen atoms in total. The number of fused-ring (bicyclic) bond motifs is 2. The minimum Gasteiger partial charge on any atom is -0.330 e. The Balaban J connectivity index is 1.94. The number of hydrogen-bond acceptors (Lipinski definition) is 6. The number of nitrogens with zero attached hydrogens (tertiary/aromatic N) is 2. The number of nitrogens with one attached hydrogen (secondary N) is 1. The van der Waals surface area contributed by atoms with Gasteiger partial charge < -0.3 is 11.1 Å². The lowest BCUT2D eigenvalue weighted by Crippen LogP contribution is -2.41. The van der Waals surface area contributed by atoms with Gasteiger partial charge in [0.05, 0.1) is 17.5 Å². The summed E-state index contributed by atoms with van der Waals surface area (Å²) >= 11 is 0. The van der Waals surface area contributed by atoms with Gasteiger partial charge in [-0.15, -0.1) is 0 Å². The van der Waals surface area contributed by atoms with Gasteiger partial charge in [-0.3, -0.25) is 0 Å². The van der Waals surface area contributed by atoms with E-state index in [9.17, 15) is 19.4 Å². The van der Waals surface area contributed by atoms with Gasteiger partial charge in [0.15, 0.2) is 0 Å². The van der Waals surface area contributed by atoms with Crippen LogP contribution in [0.4, 0.5) is 4.39 Å². The van der Waals surface area contributed by atoms with Gasteiger partial charge >= 0.3 is 0 Å². The van der Waals surface area contributed by atoms with Crippen LogP contribution in [-0.4, -0.2) is 24.4 Å². The monoisotopic (exact) mass is 510 g/mol. The maximum atomic E-state index is 13.6. The molecule has 0 bridgehead atoms. The summed E-state index contributed by atoms with van der Waals surface area (Å²) in [6.45, 7) is 4.05. The molecule has 1 aliphatic rings. The average Bonchev–Trinajstić information content (AvgIpc) is 3.05. The fourth-order valence-corrected chi connectivity index (χ4v) is 5.63. The smallest absolute Gasteiger partial charge is 0.235 e. The molecule has 0 radical (unpaired) electrons. The maximum absolute atomic E-state index is 13.6. The van der Waals surface area contributed by atoms with E-state index in [2.05, 4.69) is 22.1 Å². The largest absolute Gasteiger partial charge is 0.330 e. The molecule has 3 aromatic carbocycles. The standard InChI is InChI=1S/C31H31FN4O2/c1-20(35-18-37)23-7-11-28-25(16-23)5-6-26-17-24(21(2)36-19-38)8-12-29(26)31(28,13-14-33)30(34)15-22-3-9-27(32)10-4-22/h3-4,7-12,16-17,20-21,34H,5-6,13-15,33H2,1-2H3. The van der Waals surface area contributed by atoms with Gasteiger partial charge in [-0.25, -0.2) is 14.0 Å². The Hall–Kier alpha value is -4.02. The Morgan fingerprint density at radius 1 is 0.921 bits per heavy atom. The number of nitrogens with two attached hydrogens (primary N) is 1. The SMILES string of the molecule is CC(N=C=O)c1ccc2c(c1)CCc1cc(C(C)N=C=O)ccc1C2(CCN)C(=N)Cc1ccc(F)cc1. The van der Waals surface area contributed by atoms with Crippen molar-refractivity contribution in [2.24, 2.45) is 15.7 Å². The number of hydrogen-bond donors (Lipinski definition) is 2. The predicted octanol–water partition coefficient (Wildman–Crippen LogP) is 5.62. The minimum absolute atomic E-state index is 0.318. The summed E-state index contributed by atoms with van der Waals surface area (Å²) in [5.41, 5.74) is 12.7. The Labute approximate surface area is 222 Å². The molecule has 1 aliphatic carbocycles. The van der Waals surface area contributed by atoms with Crippen molar-refractivity contribution in [2.75, 3.05) is 6.54 Å². The van der Waals surface area contributed by atoms with E-state index in [4.69, 9.17) is 5.73 Å². The van der Waals surface area contributed by atoms with Gasteiger partial charge in [0.1, 0.15) is 5.82 Å². The van der Waals surface area contributed by atoms with Crippen molar-refractivity contribution in [3.05, 3.63) is 105 Å². The van der Waals surface area contributed by atoms with Gasteiger partial charge in [-0.05, 0) is 90.7 Å². The van der Waals surface area contributed by atoms with E-state index in [1.165, 1.54) is 12.1 Å². The highest BCUT2D eigenvalue weighted by Gasteiger charge is 2.42. The zero-order valence-electron chi connectivity index (χ0n) is 21.6. The molecule has 38 heavy (non-hydrogen) atoms. The summed E-state index contributed by atoms with van der Waals surface area (Å²) in [4.78, 5) is 29.6. The molecule has 0 heterocycles. The zero-order valence-corrected chi connectivity index (χ0v) is 21.6. The van der Waals surface area contributed by atoms with Gasteiger partial charge in [-0.1, -0.05) is 48.5 Å². The van der Waals surface area contributed by atoms with Crippen LogP contribution >= 0.6 is 0 Å². The Morgan fingerprint density at radius 2 is 1.42 bits per heavy atom. The number of isocyanates is 2. The lowest BCUT2D eigenvalue weighted by atomic mass is 9.65. The molecule has 0 spiro atoms. The topological polar surface area (TPSA) is 109 Å². The summed E-state index contributed by atoms with van der Waals surface area (Å²) in [6.07, 6.45) is 5.58. The molecule has 7 heteroatoms. The second-order valence-electron chi connectivity index (χ2n) is 9.85. The molecule has 3 aromatic rings. The molecule has 3 N–H and O–H groups in total. The molecule has 2 atom stereocenters. The van der Waals surface area contributed by atoms with Gasteiger partial charge in [0.25, 0.3) is 0 Å². The normalized spacial score (nSPS) is 17.6. The highest BCUT2D eigenvalue weighted by atomic mass is 19.1. The Kier molecular flexibility index (Phi) is 8.23. The highest BCUT2D eigenvalue weighted by molar-refractivity contribution is 5.98. The summed E-state index contributed by atoms with van der Waals surface area (Å²) < 4.78 is 13.6. The Bertz CT molecular complexity index is 1360. The van der Waals surface area contributed by atoms with Crippen molar-refractivity contribution in [1.82, 2.24) is 0 Å². The first kappa shape index (κ1) is 27.0. The summed E-state index contributed by atoms with van der Waals surface area (Å²) in [5.74, 6) is -0.318. The third-order valence-corrected chi connectivity index (χ3v) is 7.63. The molecular formula is C31H31FN4O2. The van der Waals surface area contributed by atoms with Crippen molar-refractivity contribution in [2.45, 2.75) is 57.0 Å². The summed E-state index contributed by atoms with van der Waals surface area (Å²) in [7, 11) is 0. The van der Waals surface area contributed by atoms with Crippen LogP contribution in [-0.2, 0) is 34.3 Å². The van der Waals surface area contributed by atoms with E-state index in [1.807, 2.05) is 38.1 Å². The number of benzene rings is 3. The number of aryl methyl sites for hydroxylation is 2.